The first-order valence-corrected chi connectivity index (χ1v) is 7.00. The van der Waals surface area contributed by atoms with Gasteiger partial charge in [-0.25, -0.2) is 0 Å². The number of ether oxygens (including phenoxy) is 2. The third kappa shape index (κ3) is 11.9. The highest BCUT2D eigenvalue weighted by Crippen LogP contribution is 2.01. The fourth-order valence-electron chi connectivity index (χ4n) is 1.02. The number of hydrogen-bond donors (Lipinski definition) is 2. The number of hydrogen-bond acceptors (Lipinski definition) is 6. The standard InChI is InChI=1S/C11H20O4S2/c12-10(14-6-2-8-16)4-1-5-11(13)15-7-3-9-17/h16-17H,1-9H2. The van der Waals surface area contributed by atoms with Gasteiger partial charge in [0, 0.05) is 12.8 Å². The van der Waals surface area contributed by atoms with E-state index in [0.29, 0.717) is 31.1 Å². The lowest BCUT2D eigenvalue weighted by atomic mass is 10.2. The maximum atomic E-state index is 11.2. The van der Waals surface area contributed by atoms with Gasteiger partial charge in [-0.2, -0.15) is 25.3 Å². The largest absolute Gasteiger partial charge is 0.466 e. The van der Waals surface area contributed by atoms with Crippen LogP contribution in [0.5, 0.6) is 0 Å². The second kappa shape index (κ2) is 12.1. The van der Waals surface area contributed by atoms with E-state index in [1.54, 1.807) is 0 Å². The van der Waals surface area contributed by atoms with E-state index in [-0.39, 0.29) is 24.8 Å². The third-order valence-electron chi connectivity index (χ3n) is 1.89. The van der Waals surface area contributed by atoms with Gasteiger partial charge in [-0.1, -0.05) is 0 Å². The Morgan fingerprint density at radius 2 is 1.18 bits per heavy atom. The molecule has 0 rings (SSSR count). The summed E-state index contributed by atoms with van der Waals surface area (Å²) in [5, 5.41) is 0. The molecule has 0 heterocycles. The molecule has 0 spiro atoms. The van der Waals surface area contributed by atoms with Crippen molar-refractivity contribution in [3.05, 3.63) is 0 Å². The number of carbonyl (C=O) groups excluding carboxylic acids is 2. The monoisotopic (exact) mass is 280 g/mol. The summed E-state index contributed by atoms with van der Waals surface area (Å²) in [6, 6.07) is 0. The molecule has 0 radical (unpaired) electrons. The summed E-state index contributed by atoms with van der Waals surface area (Å²) >= 11 is 8.01. The summed E-state index contributed by atoms with van der Waals surface area (Å²) in [6.07, 6.45) is 2.49. The molecule has 0 aliphatic heterocycles. The fraction of sp³-hybridized carbons (Fsp3) is 0.818. The molecule has 0 aromatic heterocycles. The van der Waals surface area contributed by atoms with E-state index in [1.807, 2.05) is 0 Å². The Labute approximate surface area is 113 Å². The Kier molecular flexibility index (Phi) is 11.8. The van der Waals surface area contributed by atoms with Gasteiger partial charge >= 0.3 is 11.9 Å². The van der Waals surface area contributed by atoms with Crippen LogP contribution >= 0.6 is 25.3 Å². The molecule has 0 saturated heterocycles. The highest BCUT2D eigenvalue weighted by molar-refractivity contribution is 7.80. The Morgan fingerprint density at radius 1 is 0.765 bits per heavy atom. The average Bonchev–Trinajstić information content (AvgIpc) is 2.30. The van der Waals surface area contributed by atoms with Gasteiger partial charge in [-0.3, -0.25) is 9.59 Å². The molecular formula is C11H20O4S2. The molecule has 100 valence electrons. The summed E-state index contributed by atoms with van der Waals surface area (Å²) in [6.45, 7) is 0.795. The maximum absolute atomic E-state index is 11.2. The summed E-state index contributed by atoms with van der Waals surface area (Å²) in [7, 11) is 0. The highest BCUT2D eigenvalue weighted by atomic mass is 32.1. The molecule has 0 aliphatic carbocycles. The summed E-state index contributed by atoms with van der Waals surface area (Å²) in [5.74, 6) is 0.861. The minimum absolute atomic E-state index is 0.258. The first kappa shape index (κ1) is 16.6. The maximum Gasteiger partial charge on any atom is 0.305 e. The third-order valence-corrected chi connectivity index (χ3v) is 2.53. The first-order chi connectivity index (χ1) is 8.20. The van der Waals surface area contributed by atoms with Crippen molar-refractivity contribution in [1.82, 2.24) is 0 Å². The number of esters is 2. The van der Waals surface area contributed by atoms with E-state index < -0.39 is 0 Å². The van der Waals surface area contributed by atoms with Crippen LogP contribution in [-0.4, -0.2) is 36.7 Å². The normalized spacial score (nSPS) is 10.0. The Balaban J connectivity index is 3.36. The predicted molar refractivity (Wildman–Crippen MR) is 72.7 cm³/mol. The van der Waals surface area contributed by atoms with Crippen molar-refractivity contribution >= 4 is 37.2 Å². The van der Waals surface area contributed by atoms with Gasteiger partial charge in [0.25, 0.3) is 0 Å². The first-order valence-electron chi connectivity index (χ1n) is 5.73. The summed E-state index contributed by atoms with van der Waals surface area (Å²) < 4.78 is 9.83. The van der Waals surface area contributed by atoms with E-state index in [1.165, 1.54) is 0 Å². The second-order valence-corrected chi connectivity index (χ2v) is 4.34. The molecule has 17 heavy (non-hydrogen) atoms. The Bertz CT molecular complexity index is 200. The molecule has 0 unspecified atom stereocenters. The number of carbonyl (C=O) groups is 2. The summed E-state index contributed by atoms with van der Waals surface area (Å²) in [4.78, 5) is 22.3. The van der Waals surface area contributed by atoms with E-state index >= 15 is 0 Å². The molecule has 0 bridgehead atoms. The van der Waals surface area contributed by atoms with E-state index in [9.17, 15) is 9.59 Å². The molecule has 0 saturated carbocycles. The number of rotatable bonds is 10. The molecule has 0 N–H and O–H groups in total. The van der Waals surface area contributed by atoms with Gasteiger partial charge < -0.3 is 9.47 Å². The van der Waals surface area contributed by atoms with Crippen molar-refractivity contribution in [3.8, 4) is 0 Å². The zero-order chi connectivity index (χ0) is 12.9. The van der Waals surface area contributed by atoms with Crippen LogP contribution in [0.2, 0.25) is 0 Å². The van der Waals surface area contributed by atoms with E-state index in [4.69, 9.17) is 9.47 Å². The van der Waals surface area contributed by atoms with Gasteiger partial charge in [0.2, 0.25) is 0 Å². The zero-order valence-electron chi connectivity index (χ0n) is 9.89. The Morgan fingerprint density at radius 3 is 1.53 bits per heavy atom. The van der Waals surface area contributed by atoms with Gasteiger partial charge in [-0.05, 0) is 30.8 Å². The van der Waals surface area contributed by atoms with E-state index in [2.05, 4.69) is 25.3 Å². The summed E-state index contributed by atoms with van der Waals surface area (Å²) in [5.41, 5.74) is 0. The topological polar surface area (TPSA) is 52.6 Å². The van der Waals surface area contributed by atoms with Gasteiger partial charge in [0.05, 0.1) is 13.2 Å². The Hall–Kier alpha value is -0.360. The quantitative estimate of drug-likeness (QED) is 0.364. The van der Waals surface area contributed by atoms with Crippen LogP contribution in [0.1, 0.15) is 32.1 Å². The van der Waals surface area contributed by atoms with Crippen molar-refractivity contribution in [2.45, 2.75) is 32.1 Å². The lowest BCUT2D eigenvalue weighted by molar-refractivity contribution is -0.145. The van der Waals surface area contributed by atoms with Crippen molar-refractivity contribution in [2.75, 3.05) is 24.7 Å². The molecule has 6 heteroatoms. The highest BCUT2D eigenvalue weighted by Gasteiger charge is 2.06. The van der Waals surface area contributed by atoms with Crippen molar-refractivity contribution in [2.24, 2.45) is 0 Å². The molecule has 0 aliphatic rings. The molecule has 0 fully saturated rings. The van der Waals surface area contributed by atoms with Gasteiger partial charge in [-0.15, -0.1) is 0 Å². The minimum atomic E-state index is -0.269. The lowest BCUT2D eigenvalue weighted by Gasteiger charge is -2.04. The lowest BCUT2D eigenvalue weighted by Crippen LogP contribution is -2.09. The smallest absolute Gasteiger partial charge is 0.305 e. The van der Waals surface area contributed by atoms with Crippen molar-refractivity contribution in [3.63, 3.8) is 0 Å². The van der Waals surface area contributed by atoms with Gasteiger partial charge in [0.1, 0.15) is 0 Å². The van der Waals surface area contributed by atoms with Crippen LogP contribution in [0.3, 0.4) is 0 Å². The predicted octanol–water partition coefficient (Wildman–Crippen LogP) is 1.88. The molecule has 0 aromatic carbocycles. The van der Waals surface area contributed by atoms with Crippen molar-refractivity contribution in [1.29, 1.82) is 0 Å². The zero-order valence-corrected chi connectivity index (χ0v) is 11.7. The van der Waals surface area contributed by atoms with Gasteiger partial charge in [0.15, 0.2) is 0 Å². The molecular weight excluding hydrogens is 260 g/mol. The van der Waals surface area contributed by atoms with E-state index in [0.717, 1.165) is 12.8 Å². The molecule has 0 aromatic rings. The van der Waals surface area contributed by atoms with Crippen molar-refractivity contribution < 1.29 is 19.1 Å². The molecule has 4 nitrogen and oxygen atoms in total. The van der Waals surface area contributed by atoms with Crippen LogP contribution in [0.4, 0.5) is 0 Å². The molecule has 0 atom stereocenters. The SMILES string of the molecule is O=C(CCCC(=O)OCCCS)OCCCS. The van der Waals surface area contributed by atoms with Crippen LogP contribution in [0, 0.1) is 0 Å². The average molecular weight is 280 g/mol. The number of thiol groups is 2. The second-order valence-electron chi connectivity index (χ2n) is 3.45. The van der Waals surface area contributed by atoms with Crippen LogP contribution in [0.25, 0.3) is 0 Å². The van der Waals surface area contributed by atoms with Crippen LogP contribution in [-0.2, 0) is 19.1 Å². The van der Waals surface area contributed by atoms with Crippen LogP contribution < -0.4 is 0 Å². The minimum Gasteiger partial charge on any atom is -0.466 e. The van der Waals surface area contributed by atoms with Crippen LogP contribution in [0.15, 0.2) is 0 Å². The fourth-order valence-corrected chi connectivity index (χ4v) is 1.28. The molecule has 0 amide bonds.